The van der Waals surface area contributed by atoms with E-state index < -0.39 is 0 Å². The second kappa shape index (κ2) is 9.69. The lowest BCUT2D eigenvalue weighted by atomic mass is 9.87. The number of rotatable bonds is 7. The summed E-state index contributed by atoms with van der Waals surface area (Å²) in [4.78, 5) is 8.58. The maximum Gasteiger partial charge on any atom is 0.193 e. The zero-order valence-electron chi connectivity index (χ0n) is 16.9. The number of methoxy groups -OCH3 is 1. The first kappa shape index (κ1) is 20.3. The monoisotopic (exact) mass is 391 g/mol. The second-order valence-electron chi connectivity index (χ2n) is 7.74. The van der Waals surface area contributed by atoms with Crippen LogP contribution >= 0.6 is 11.8 Å². The van der Waals surface area contributed by atoms with Gasteiger partial charge < -0.3 is 19.7 Å². The summed E-state index contributed by atoms with van der Waals surface area (Å²) in [6.07, 6.45) is 2.41. The highest BCUT2D eigenvalue weighted by Gasteiger charge is 2.42. The Hall–Kier alpha value is -1.40. The van der Waals surface area contributed by atoms with E-state index in [-0.39, 0.29) is 0 Å². The highest BCUT2D eigenvalue weighted by Crippen LogP contribution is 2.38. The third-order valence-corrected chi connectivity index (χ3v) is 6.79. The fraction of sp³-hybridized carbons (Fsp3) is 0.667. The Bertz CT molecular complexity index is 632. The standard InChI is InChI=1S/C21H33N3O2S/c1-4-22-20(24-11-9-21(15-24)10-12-26-16-21)23-13-17(2)14-27-19-8-6-5-7-18(19)25-3/h5-8,17H,4,9-16H2,1-3H3,(H,22,23). The molecule has 2 fully saturated rings. The normalized spacial score (nSPS) is 23.8. The highest BCUT2D eigenvalue weighted by molar-refractivity contribution is 7.99. The minimum absolute atomic E-state index is 0.363. The average molecular weight is 392 g/mol. The van der Waals surface area contributed by atoms with Crippen molar-refractivity contribution in [3.63, 3.8) is 0 Å². The fourth-order valence-corrected chi connectivity index (χ4v) is 4.82. The molecule has 0 aliphatic carbocycles. The number of guanidine groups is 1. The molecule has 2 unspecified atom stereocenters. The zero-order chi connectivity index (χ0) is 19.1. The molecule has 0 amide bonds. The number of para-hydroxylation sites is 1. The molecule has 5 nitrogen and oxygen atoms in total. The van der Waals surface area contributed by atoms with Gasteiger partial charge in [0.1, 0.15) is 5.75 Å². The molecule has 6 heteroatoms. The summed E-state index contributed by atoms with van der Waals surface area (Å²) in [5.41, 5.74) is 0.363. The van der Waals surface area contributed by atoms with Crippen LogP contribution in [0.4, 0.5) is 0 Å². The first-order valence-electron chi connectivity index (χ1n) is 10.0. The molecule has 0 aromatic heterocycles. The Morgan fingerprint density at radius 2 is 2.26 bits per heavy atom. The summed E-state index contributed by atoms with van der Waals surface area (Å²) in [7, 11) is 1.73. The van der Waals surface area contributed by atoms with Crippen molar-refractivity contribution in [2.75, 3.05) is 52.3 Å². The van der Waals surface area contributed by atoms with Crippen LogP contribution in [0.5, 0.6) is 5.75 Å². The van der Waals surface area contributed by atoms with E-state index in [1.807, 2.05) is 23.9 Å². The van der Waals surface area contributed by atoms with Gasteiger partial charge in [0.2, 0.25) is 0 Å². The van der Waals surface area contributed by atoms with Crippen LogP contribution in [0, 0.1) is 11.3 Å². The van der Waals surface area contributed by atoms with Gasteiger partial charge in [-0.05, 0) is 37.8 Å². The van der Waals surface area contributed by atoms with Gasteiger partial charge in [-0.2, -0.15) is 0 Å². The topological polar surface area (TPSA) is 46.1 Å². The van der Waals surface area contributed by atoms with Crippen molar-refractivity contribution in [1.29, 1.82) is 0 Å². The molecule has 0 bridgehead atoms. The Morgan fingerprint density at radius 1 is 1.41 bits per heavy atom. The number of hydrogen-bond acceptors (Lipinski definition) is 4. The van der Waals surface area contributed by atoms with Crippen molar-refractivity contribution >= 4 is 17.7 Å². The maximum absolute atomic E-state index is 5.66. The van der Waals surface area contributed by atoms with E-state index in [0.717, 1.165) is 56.9 Å². The molecule has 1 aromatic rings. The number of thioether (sulfide) groups is 1. The van der Waals surface area contributed by atoms with Crippen LogP contribution in [-0.2, 0) is 4.74 Å². The van der Waals surface area contributed by atoms with Gasteiger partial charge in [0, 0.05) is 48.8 Å². The van der Waals surface area contributed by atoms with Crippen LogP contribution < -0.4 is 10.1 Å². The zero-order valence-corrected chi connectivity index (χ0v) is 17.7. The van der Waals surface area contributed by atoms with E-state index in [1.165, 1.54) is 17.7 Å². The number of likely N-dealkylation sites (tertiary alicyclic amines) is 1. The molecule has 3 rings (SSSR count). The third kappa shape index (κ3) is 5.32. The molecule has 27 heavy (non-hydrogen) atoms. The predicted molar refractivity (Wildman–Crippen MR) is 113 cm³/mol. The van der Waals surface area contributed by atoms with Crippen molar-refractivity contribution in [2.24, 2.45) is 16.3 Å². The van der Waals surface area contributed by atoms with E-state index in [4.69, 9.17) is 14.5 Å². The van der Waals surface area contributed by atoms with Crippen LogP contribution in [0.2, 0.25) is 0 Å². The molecule has 0 radical (unpaired) electrons. The summed E-state index contributed by atoms with van der Waals surface area (Å²) < 4.78 is 11.1. The van der Waals surface area contributed by atoms with E-state index in [0.29, 0.717) is 11.3 Å². The molecule has 2 atom stereocenters. The molecule has 0 saturated carbocycles. The molecular weight excluding hydrogens is 358 g/mol. The number of aliphatic imine (C=N–C) groups is 1. The Balaban J connectivity index is 1.53. The second-order valence-corrected chi connectivity index (χ2v) is 8.80. The first-order chi connectivity index (χ1) is 13.2. The van der Waals surface area contributed by atoms with Crippen molar-refractivity contribution < 1.29 is 9.47 Å². The number of hydrogen-bond donors (Lipinski definition) is 1. The van der Waals surface area contributed by atoms with Gasteiger partial charge in [-0.3, -0.25) is 4.99 Å². The Morgan fingerprint density at radius 3 is 3.00 bits per heavy atom. The van der Waals surface area contributed by atoms with Crippen molar-refractivity contribution in [3.8, 4) is 5.75 Å². The van der Waals surface area contributed by atoms with Crippen LogP contribution in [0.25, 0.3) is 0 Å². The smallest absolute Gasteiger partial charge is 0.193 e. The average Bonchev–Trinajstić information content (AvgIpc) is 3.33. The summed E-state index contributed by atoms with van der Waals surface area (Å²) in [6, 6.07) is 8.21. The number of nitrogens with zero attached hydrogens (tertiary/aromatic N) is 2. The van der Waals surface area contributed by atoms with E-state index >= 15 is 0 Å². The molecule has 2 aliphatic rings. The molecule has 2 saturated heterocycles. The molecule has 1 N–H and O–H groups in total. The molecule has 2 aliphatic heterocycles. The molecule has 150 valence electrons. The van der Waals surface area contributed by atoms with Crippen LogP contribution in [0.1, 0.15) is 26.7 Å². The minimum atomic E-state index is 0.363. The van der Waals surface area contributed by atoms with Crippen LogP contribution in [-0.4, -0.2) is 63.1 Å². The lowest BCUT2D eigenvalue weighted by molar-refractivity contribution is 0.156. The van der Waals surface area contributed by atoms with E-state index in [2.05, 4.69) is 36.2 Å². The molecule has 1 spiro atoms. The Labute approximate surface area is 167 Å². The van der Waals surface area contributed by atoms with Gasteiger partial charge in [0.05, 0.1) is 13.7 Å². The highest BCUT2D eigenvalue weighted by atomic mass is 32.2. The van der Waals surface area contributed by atoms with Gasteiger partial charge in [-0.1, -0.05) is 19.1 Å². The maximum atomic E-state index is 5.66. The van der Waals surface area contributed by atoms with Gasteiger partial charge in [-0.25, -0.2) is 0 Å². The van der Waals surface area contributed by atoms with Crippen LogP contribution in [0.3, 0.4) is 0 Å². The van der Waals surface area contributed by atoms with Crippen molar-refractivity contribution in [3.05, 3.63) is 24.3 Å². The number of benzene rings is 1. The van der Waals surface area contributed by atoms with Gasteiger partial charge in [0.15, 0.2) is 5.96 Å². The van der Waals surface area contributed by atoms with Crippen molar-refractivity contribution in [2.45, 2.75) is 31.6 Å². The largest absolute Gasteiger partial charge is 0.496 e. The number of nitrogens with one attached hydrogen (secondary N) is 1. The van der Waals surface area contributed by atoms with Gasteiger partial charge in [0.25, 0.3) is 0 Å². The SMILES string of the molecule is CCNC(=NCC(C)CSc1ccccc1OC)N1CCC2(CCOC2)C1. The van der Waals surface area contributed by atoms with Crippen molar-refractivity contribution in [1.82, 2.24) is 10.2 Å². The van der Waals surface area contributed by atoms with E-state index in [1.54, 1.807) is 7.11 Å². The summed E-state index contributed by atoms with van der Waals surface area (Å²) in [5, 5.41) is 3.49. The summed E-state index contributed by atoms with van der Waals surface area (Å²) in [6.45, 7) is 10.1. The molecular formula is C21H33N3O2S. The van der Waals surface area contributed by atoms with Gasteiger partial charge in [-0.15, -0.1) is 11.8 Å². The fourth-order valence-electron chi connectivity index (χ4n) is 3.78. The summed E-state index contributed by atoms with van der Waals surface area (Å²) >= 11 is 1.85. The molecule has 2 heterocycles. The number of ether oxygens (including phenoxy) is 2. The lowest BCUT2D eigenvalue weighted by Gasteiger charge is -2.25. The molecule has 1 aromatic carbocycles. The van der Waals surface area contributed by atoms with Gasteiger partial charge >= 0.3 is 0 Å². The summed E-state index contributed by atoms with van der Waals surface area (Å²) in [5.74, 6) is 3.55. The quantitative estimate of drug-likeness (QED) is 0.438. The first-order valence-corrected chi connectivity index (χ1v) is 11.0. The van der Waals surface area contributed by atoms with Crippen LogP contribution in [0.15, 0.2) is 34.2 Å². The lowest BCUT2D eigenvalue weighted by Crippen LogP contribution is -2.41. The van der Waals surface area contributed by atoms with E-state index in [9.17, 15) is 0 Å². The Kier molecular flexibility index (Phi) is 7.30. The minimum Gasteiger partial charge on any atom is -0.496 e. The third-order valence-electron chi connectivity index (χ3n) is 5.40. The predicted octanol–water partition coefficient (Wildman–Crippen LogP) is 3.50.